The van der Waals surface area contributed by atoms with Crippen LogP contribution in [-0.2, 0) is 11.8 Å². The minimum atomic E-state index is 0. The van der Waals surface area contributed by atoms with E-state index in [2.05, 4.69) is 44.7 Å². The summed E-state index contributed by atoms with van der Waals surface area (Å²) in [6.45, 7) is 11.4. The molecule has 3 atom stereocenters. The molecule has 1 fully saturated rings. The van der Waals surface area contributed by atoms with Crippen LogP contribution >= 0.6 is 12.4 Å². The number of rotatable bonds is 2. The Kier molecular flexibility index (Phi) is 4.93. The number of nitrogens with zero attached hydrogens (tertiary/aromatic N) is 1. The van der Waals surface area contributed by atoms with Crippen molar-refractivity contribution in [1.29, 1.82) is 0 Å². The Balaban J connectivity index is 0.00000176. The van der Waals surface area contributed by atoms with Gasteiger partial charge in [-0.05, 0) is 67.8 Å². The Hall–Kier alpha value is -0.990. The number of phenolic OH excluding ortho intramolecular Hbond substituents is 1. The van der Waals surface area contributed by atoms with Crippen LogP contribution in [0.15, 0.2) is 29.8 Å². The van der Waals surface area contributed by atoms with Gasteiger partial charge in [-0.2, -0.15) is 0 Å². The predicted octanol–water partition coefficient (Wildman–Crippen LogP) is 4.30. The highest BCUT2D eigenvalue weighted by Crippen LogP contribution is 2.49. The zero-order chi connectivity index (χ0) is 15.2. The molecular weight excluding hydrogens is 294 g/mol. The van der Waals surface area contributed by atoms with Crippen molar-refractivity contribution in [2.45, 2.75) is 52.0 Å². The number of piperidine rings is 1. The second kappa shape index (κ2) is 6.25. The van der Waals surface area contributed by atoms with Crippen LogP contribution in [0.2, 0.25) is 0 Å². The fraction of sp³-hybridized carbons (Fsp3) is 0.579. The summed E-state index contributed by atoms with van der Waals surface area (Å²) >= 11 is 0. The Bertz CT molecular complexity index is 579. The van der Waals surface area contributed by atoms with Gasteiger partial charge in [-0.15, -0.1) is 12.4 Å². The van der Waals surface area contributed by atoms with Gasteiger partial charge in [0.15, 0.2) is 0 Å². The third-order valence-electron chi connectivity index (χ3n) is 5.84. The average molecular weight is 322 g/mol. The smallest absolute Gasteiger partial charge is 0.115 e. The van der Waals surface area contributed by atoms with Crippen molar-refractivity contribution in [3.8, 4) is 5.75 Å². The topological polar surface area (TPSA) is 23.5 Å². The first kappa shape index (κ1) is 17.4. The average Bonchev–Trinajstić information content (AvgIpc) is 2.43. The quantitative estimate of drug-likeness (QED) is 0.821. The van der Waals surface area contributed by atoms with Crippen LogP contribution in [0, 0.1) is 5.92 Å². The molecule has 0 unspecified atom stereocenters. The van der Waals surface area contributed by atoms with Crippen LogP contribution in [0.5, 0.6) is 5.75 Å². The number of halogens is 1. The fourth-order valence-corrected chi connectivity index (χ4v) is 4.22. The van der Waals surface area contributed by atoms with E-state index in [-0.39, 0.29) is 17.8 Å². The molecule has 2 nitrogen and oxygen atoms in total. The van der Waals surface area contributed by atoms with Gasteiger partial charge >= 0.3 is 0 Å². The molecule has 1 N–H and O–H groups in total. The fourth-order valence-electron chi connectivity index (χ4n) is 4.22. The normalized spacial score (nSPS) is 30.2. The van der Waals surface area contributed by atoms with Crippen LogP contribution in [0.1, 0.15) is 45.2 Å². The first-order valence-corrected chi connectivity index (χ1v) is 8.11. The molecule has 1 heterocycles. The molecule has 3 heteroatoms. The molecule has 122 valence electrons. The Morgan fingerprint density at radius 2 is 2.14 bits per heavy atom. The summed E-state index contributed by atoms with van der Waals surface area (Å²) in [5.41, 5.74) is 4.42. The lowest BCUT2D eigenvalue weighted by Crippen LogP contribution is -2.57. The lowest BCUT2D eigenvalue weighted by Gasteiger charge is -2.54. The van der Waals surface area contributed by atoms with Gasteiger partial charge in [0.1, 0.15) is 5.75 Å². The van der Waals surface area contributed by atoms with Crippen LogP contribution < -0.4 is 0 Å². The molecule has 0 saturated carbocycles. The predicted molar refractivity (Wildman–Crippen MR) is 95.0 cm³/mol. The van der Waals surface area contributed by atoms with Crippen molar-refractivity contribution >= 4 is 12.4 Å². The van der Waals surface area contributed by atoms with Crippen molar-refractivity contribution in [1.82, 2.24) is 4.90 Å². The minimum Gasteiger partial charge on any atom is -0.508 e. The monoisotopic (exact) mass is 321 g/mol. The Labute approximate surface area is 140 Å². The van der Waals surface area contributed by atoms with Gasteiger partial charge in [0.2, 0.25) is 0 Å². The zero-order valence-electron chi connectivity index (χ0n) is 14.1. The third-order valence-corrected chi connectivity index (χ3v) is 5.84. The SMILES string of the molecule is CC(C)=CCN1CC[C@@]2(C)c3cc(O)ccc3C[C@@H]1[C@@H]2C.Cl. The highest BCUT2D eigenvalue weighted by Gasteiger charge is 2.48. The highest BCUT2D eigenvalue weighted by atomic mass is 35.5. The highest BCUT2D eigenvalue weighted by molar-refractivity contribution is 5.85. The molecule has 0 spiro atoms. The number of allylic oxidation sites excluding steroid dienone is 1. The maximum absolute atomic E-state index is 9.87. The number of benzene rings is 1. The van der Waals surface area contributed by atoms with Gasteiger partial charge in [-0.25, -0.2) is 0 Å². The summed E-state index contributed by atoms with van der Waals surface area (Å²) < 4.78 is 0. The van der Waals surface area contributed by atoms with Crippen molar-refractivity contribution in [3.05, 3.63) is 41.0 Å². The molecule has 2 bridgehead atoms. The zero-order valence-corrected chi connectivity index (χ0v) is 14.9. The van der Waals surface area contributed by atoms with Crippen LogP contribution in [0.3, 0.4) is 0 Å². The molecule has 0 amide bonds. The second-order valence-corrected chi connectivity index (χ2v) is 7.35. The van der Waals surface area contributed by atoms with E-state index in [4.69, 9.17) is 0 Å². The standard InChI is InChI=1S/C19H27NO.ClH/c1-13(2)7-9-20-10-8-19(4)14(3)18(20)11-15-5-6-16(21)12-17(15)19;/h5-7,12,14,18,21H,8-11H2,1-4H3;1H/t14-,18+,19+;/m0./s1. The van der Waals surface area contributed by atoms with E-state index < -0.39 is 0 Å². The summed E-state index contributed by atoms with van der Waals surface area (Å²) in [6, 6.07) is 6.60. The van der Waals surface area contributed by atoms with Gasteiger partial charge in [-0.1, -0.05) is 31.6 Å². The van der Waals surface area contributed by atoms with Gasteiger partial charge < -0.3 is 5.11 Å². The maximum atomic E-state index is 9.87. The van der Waals surface area contributed by atoms with Gasteiger partial charge in [-0.3, -0.25) is 4.90 Å². The van der Waals surface area contributed by atoms with E-state index in [0.29, 0.717) is 17.7 Å². The molecule has 1 aliphatic carbocycles. The number of aromatic hydroxyl groups is 1. The van der Waals surface area contributed by atoms with E-state index in [1.54, 1.807) is 0 Å². The molecular formula is C19H28ClNO. The largest absolute Gasteiger partial charge is 0.508 e. The summed E-state index contributed by atoms with van der Waals surface area (Å²) in [6.07, 6.45) is 4.64. The number of likely N-dealkylation sites (tertiary alicyclic amines) is 1. The van der Waals surface area contributed by atoms with E-state index in [1.165, 1.54) is 23.1 Å². The summed E-state index contributed by atoms with van der Waals surface area (Å²) in [5.74, 6) is 1.04. The third kappa shape index (κ3) is 2.79. The summed E-state index contributed by atoms with van der Waals surface area (Å²) in [5, 5.41) is 9.87. The number of hydrogen-bond acceptors (Lipinski definition) is 2. The Morgan fingerprint density at radius 3 is 2.82 bits per heavy atom. The molecule has 0 aromatic heterocycles. The number of phenols is 1. The van der Waals surface area contributed by atoms with Crippen molar-refractivity contribution in [2.75, 3.05) is 13.1 Å². The van der Waals surface area contributed by atoms with E-state index in [1.807, 2.05) is 12.1 Å². The lowest BCUT2D eigenvalue weighted by molar-refractivity contribution is 0.0397. The first-order valence-electron chi connectivity index (χ1n) is 8.11. The first-order chi connectivity index (χ1) is 9.91. The molecule has 1 aliphatic heterocycles. The minimum absolute atomic E-state index is 0. The van der Waals surface area contributed by atoms with Crippen molar-refractivity contribution in [3.63, 3.8) is 0 Å². The lowest BCUT2D eigenvalue weighted by atomic mass is 9.59. The van der Waals surface area contributed by atoms with Crippen molar-refractivity contribution in [2.24, 2.45) is 5.92 Å². The van der Waals surface area contributed by atoms with Crippen LogP contribution in [0.4, 0.5) is 0 Å². The molecule has 1 saturated heterocycles. The summed E-state index contributed by atoms with van der Waals surface area (Å²) in [7, 11) is 0. The maximum Gasteiger partial charge on any atom is 0.115 e. The van der Waals surface area contributed by atoms with E-state index in [0.717, 1.165) is 19.5 Å². The number of fused-ring (bicyclic) bond motifs is 4. The number of hydrogen-bond donors (Lipinski definition) is 1. The molecule has 1 aromatic rings. The van der Waals surface area contributed by atoms with Gasteiger partial charge in [0.05, 0.1) is 0 Å². The van der Waals surface area contributed by atoms with E-state index in [9.17, 15) is 5.11 Å². The second-order valence-electron chi connectivity index (χ2n) is 7.35. The molecule has 2 aliphatic rings. The van der Waals surface area contributed by atoms with Crippen molar-refractivity contribution < 1.29 is 5.11 Å². The Morgan fingerprint density at radius 1 is 1.41 bits per heavy atom. The van der Waals surface area contributed by atoms with Gasteiger partial charge in [0, 0.05) is 12.6 Å². The molecule has 0 radical (unpaired) electrons. The molecule has 22 heavy (non-hydrogen) atoms. The molecule has 1 aromatic carbocycles. The molecule has 3 rings (SSSR count). The van der Waals surface area contributed by atoms with Crippen LogP contribution in [0.25, 0.3) is 0 Å². The van der Waals surface area contributed by atoms with E-state index >= 15 is 0 Å². The van der Waals surface area contributed by atoms with Crippen LogP contribution in [-0.4, -0.2) is 29.1 Å². The van der Waals surface area contributed by atoms with Gasteiger partial charge in [0.25, 0.3) is 0 Å². The summed E-state index contributed by atoms with van der Waals surface area (Å²) in [4.78, 5) is 2.65.